The molecule has 3 rings (SSSR count). The van der Waals surface area contributed by atoms with Crippen molar-refractivity contribution in [2.75, 3.05) is 0 Å². The number of aromatic nitrogens is 2. The third kappa shape index (κ3) is 2.62. The quantitative estimate of drug-likeness (QED) is 0.435. The van der Waals surface area contributed by atoms with E-state index in [2.05, 4.69) is 9.97 Å². The third-order valence-electron chi connectivity index (χ3n) is 3.40. The van der Waals surface area contributed by atoms with Crippen molar-refractivity contribution in [1.29, 1.82) is 0 Å². The number of H-pyrrole nitrogens is 1. The van der Waals surface area contributed by atoms with Crippen LogP contribution in [0.25, 0.3) is 22.3 Å². The molecular formula is C15H10ClN3O4. The molecule has 0 radical (unpaired) electrons. The van der Waals surface area contributed by atoms with Gasteiger partial charge in [0.1, 0.15) is 11.6 Å². The Morgan fingerprint density at radius 2 is 2.04 bits per heavy atom. The van der Waals surface area contributed by atoms with Crippen LogP contribution in [0.15, 0.2) is 41.2 Å². The zero-order valence-corrected chi connectivity index (χ0v) is 12.4. The number of nitrogens with one attached hydrogen (secondary N) is 1. The van der Waals surface area contributed by atoms with Crippen molar-refractivity contribution in [2.24, 2.45) is 0 Å². The lowest BCUT2D eigenvalue weighted by atomic mass is 10.1. The van der Waals surface area contributed by atoms with E-state index in [-0.39, 0.29) is 34.3 Å². The Balaban J connectivity index is 2.32. The lowest BCUT2D eigenvalue weighted by Crippen LogP contribution is -2.09. The van der Waals surface area contributed by atoms with Crippen molar-refractivity contribution in [1.82, 2.24) is 9.97 Å². The van der Waals surface area contributed by atoms with Crippen molar-refractivity contribution in [3.8, 4) is 17.1 Å². The maximum absolute atomic E-state index is 12.1. The molecule has 23 heavy (non-hydrogen) atoms. The van der Waals surface area contributed by atoms with Crippen LogP contribution in [0.3, 0.4) is 0 Å². The maximum atomic E-state index is 12.1. The fourth-order valence-electron chi connectivity index (χ4n) is 2.28. The summed E-state index contributed by atoms with van der Waals surface area (Å²) < 4.78 is 0. The molecule has 0 amide bonds. The van der Waals surface area contributed by atoms with Crippen LogP contribution >= 0.6 is 11.6 Å². The zero-order valence-electron chi connectivity index (χ0n) is 11.6. The summed E-state index contributed by atoms with van der Waals surface area (Å²) in [6, 6.07) is 9.02. The van der Waals surface area contributed by atoms with Gasteiger partial charge in [0, 0.05) is 17.7 Å². The van der Waals surface area contributed by atoms with Gasteiger partial charge in [-0.15, -0.1) is 11.6 Å². The molecule has 0 saturated carbocycles. The van der Waals surface area contributed by atoms with Gasteiger partial charge >= 0.3 is 0 Å². The Morgan fingerprint density at radius 3 is 2.74 bits per heavy atom. The number of hydrogen-bond acceptors (Lipinski definition) is 5. The average molecular weight is 332 g/mol. The Kier molecular flexibility index (Phi) is 3.71. The van der Waals surface area contributed by atoms with Gasteiger partial charge in [-0.1, -0.05) is 12.1 Å². The Morgan fingerprint density at radius 1 is 1.30 bits per heavy atom. The van der Waals surface area contributed by atoms with Crippen LogP contribution in [0.2, 0.25) is 0 Å². The molecule has 0 aliphatic rings. The number of halogens is 1. The van der Waals surface area contributed by atoms with Gasteiger partial charge in [-0.2, -0.15) is 0 Å². The molecule has 2 aromatic carbocycles. The number of phenols is 1. The first-order chi connectivity index (χ1) is 11.0. The van der Waals surface area contributed by atoms with Crippen LogP contribution in [0.4, 0.5) is 5.69 Å². The lowest BCUT2D eigenvalue weighted by Gasteiger charge is -2.08. The van der Waals surface area contributed by atoms with Gasteiger partial charge in [0.2, 0.25) is 0 Å². The first-order valence-electron chi connectivity index (χ1n) is 6.57. The van der Waals surface area contributed by atoms with E-state index in [0.717, 1.165) is 6.07 Å². The first-order valence-corrected chi connectivity index (χ1v) is 7.10. The number of nitrogens with zero attached hydrogens (tertiary/aromatic N) is 2. The molecule has 0 aliphatic carbocycles. The Bertz CT molecular complexity index is 984. The fraction of sp³-hybridized carbons (Fsp3) is 0.0667. The van der Waals surface area contributed by atoms with Gasteiger partial charge in [0.05, 0.1) is 27.3 Å². The Labute approximate surface area is 134 Å². The number of alkyl halides is 1. The highest BCUT2D eigenvalue weighted by Gasteiger charge is 2.19. The SMILES string of the molecule is O=c1[nH]c(-c2cc([N+](=O)[O-])cc(CCl)c2O)nc2ccccc12. The molecule has 1 aromatic heterocycles. The molecule has 0 unspecified atom stereocenters. The molecule has 2 N–H and O–H groups in total. The van der Waals surface area contributed by atoms with Gasteiger partial charge in [-0.3, -0.25) is 14.9 Å². The highest BCUT2D eigenvalue weighted by atomic mass is 35.5. The predicted octanol–water partition coefficient (Wildman–Crippen LogP) is 2.94. The van der Waals surface area contributed by atoms with E-state index < -0.39 is 10.5 Å². The second-order valence-electron chi connectivity index (χ2n) is 4.82. The number of nitro benzene ring substituents is 1. The van der Waals surface area contributed by atoms with E-state index in [1.165, 1.54) is 6.07 Å². The Hall–Kier alpha value is -2.93. The molecule has 0 aliphatic heterocycles. The van der Waals surface area contributed by atoms with Crippen molar-refractivity contribution >= 4 is 28.2 Å². The molecular weight excluding hydrogens is 322 g/mol. The molecule has 0 saturated heterocycles. The lowest BCUT2D eigenvalue weighted by molar-refractivity contribution is -0.384. The summed E-state index contributed by atoms with van der Waals surface area (Å²) >= 11 is 5.72. The molecule has 0 spiro atoms. The number of aromatic hydroxyl groups is 1. The average Bonchev–Trinajstić information content (AvgIpc) is 2.54. The van der Waals surface area contributed by atoms with E-state index in [1.54, 1.807) is 24.3 Å². The number of hydrogen-bond donors (Lipinski definition) is 2. The zero-order chi connectivity index (χ0) is 16.6. The van der Waals surface area contributed by atoms with E-state index in [0.29, 0.717) is 10.9 Å². The number of aromatic amines is 1. The van der Waals surface area contributed by atoms with Crippen LogP contribution in [0.1, 0.15) is 5.56 Å². The summed E-state index contributed by atoms with van der Waals surface area (Å²) in [7, 11) is 0. The van der Waals surface area contributed by atoms with Crippen LogP contribution in [-0.4, -0.2) is 20.0 Å². The van der Waals surface area contributed by atoms with Crippen molar-refractivity contribution < 1.29 is 10.0 Å². The highest BCUT2D eigenvalue weighted by molar-refractivity contribution is 6.17. The first kappa shape index (κ1) is 15.0. The standard InChI is InChI=1S/C15H10ClN3O4/c16-7-8-5-9(19(22)23)6-11(13(8)20)14-17-12-4-2-1-3-10(12)15(21)18-14/h1-6,20H,7H2,(H,17,18,21). The number of para-hydroxylation sites is 1. The summed E-state index contributed by atoms with van der Waals surface area (Å²) in [6.45, 7) is 0. The van der Waals surface area contributed by atoms with E-state index in [9.17, 15) is 20.0 Å². The monoisotopic (exact) mass is 331 g/mol. The summed E-state index contributed by atoms with van der Waals surface area (Å²) in [5.41, 5.74) is 0.0159. The van der Waals surface area contributed by atoms with Crippen LogP contribution in [-0.2, 0) is 5.88 Å². The maximum Gasteiger partial charge on any atom is 0.270 e. The van der Waals surface area contributed by atoms with Gasteiger partial charge < -0.3 is 10.1 Å². The van der Waals surface area contributed by atoms with Crippen molar-refractivity contribution in [2.45, 2.75) is 5.88 Å². The number of nitro groups is 1. The minimum atomic E-state index is -0.599. The van der Waals surface area contributed by atoms with Crippen LogP contribution in [0, 0.1) is 10.1 Å². The molecule has 8 heteroatoms. The fourth-order valence-corrected chi connectivity index (χ4v) is 2.48. The summed E-state index contributed by atoms with van der Waals surface area (Å²) in [6.07, 6.45) is 0. The van der Waals surface area contributed by atoms with Crippen LogP contribution < -0.4 is 5.56 Å². The van der Waals surface area contributed by atoms with Gasteiger partial charge in [0.25, 0.3) is 11.2 Å². The third-order valence-corrected chi connectivity index (χ3v) is 3.68. The predicted molar refractivity (Wildman–Crippen MR) is 85.7 cm³/mol. The number of phenolic OH excluding ortho intramolecular Hbond substituents is 1. The van der Waals surface area contributed by atoms with Gasteiger partial charge in [-0.25, -0.2) is 4.98 Å². The number of benzene rings is 2. The largest absolute Gasteiger partial charge is 0.507 e. The minimum Gasteiger partial charge on any atom is -0.507 e. The molecule has 116 valence electrons. The van der Waals surface area contributed by atoms with Gasteiger partial charge in [-0.05, 0) is 12.1 Å². The molecule has 0 fully saturated rings. The summed E-state index contributed by atoms with van der Waals surface area (Å²) in [5.74, 6) is -0.316. The van der Waals surface area contributed by atoms with Crippen molar-refractivity contribution in [3.63, 3.8) is 0 Å². The molecule has 0 bridgehead atoms. The van der Waals surface area contributed by atoms with Gasteiger partial charge in [0.15, 0.2) is 0 Å². The molecule has 1 heterocycles. The molecule has 7 nitrogen and oxygen atoms in total. The van der Waals surface area contributed by atoms with E-state index in [4.69, 9.17) is 11.6 Å². The highest BCUT2D eigenvalue weighted by Crippen LogP contribution is 2.35. The smallest absolute Gasteiger partial charge is 0.270 e. The van der Waals surface area contributed by atoms with E-state index in [1.807, 2.05) is 0 Å². The number of fused-ring (bicyclic) bond motifs is 1. The summed E-state index contributed by atoms with van der Waals surface area (Å²) in [4.78, 5) is 29.3. The second kappa shape index (κ2) is 5.69. The summed E-state index contributed by atoms with van der Waals surface area (Å²) in [5, 5.41) is 21.7. The van der Waals surface area contributed by atoms with Crippen molar-refractivity contribution in [3.05, 3.63) is 62.4 Å². The minimum absolute atomic E-state index is 0.0428. The van der Waals surface area contributed by atoms with Crippen LogP contribution in [0.5, 0.6) is 5.75 Å². The van der Waals surface area contributed by atoms with E-state index >= 15 is 0 Å². The normalized spacial score (nSPS) is 10.8. The number of rotatable bonds is 3. The second-order valence-corrected chi connectivity index (χ2v) is 5.09. The molecule has 0 atom stereocenters. The topological polar surface area (TPSA) is 109 Å². The number of non-ortho nitro benzene ring substituents is 1. The molecule has 3 aromatic rings.